The van der Waals surface area contributed by atoms with Crippen LogP contribution in [0.2, 0.25) is 0 Å². The summed E-state index contributed by atoms with van der Waals surface area (Å²) < 4.78 is 0.918. The fraction of sp³-hybridized carbons (Fsp3) is 0.286. The molecule has 3 nitrogen and oxygen atoms in total. The van der Waals surface area contributed by atoms with E-state index in [4.69, 9.17) is 0 Å². The van der Waals surface area contributed by atoms with Crippen molar-refractivity contribution >= 4 is 21.7 Å². The molecule has 1 N–H and O–H groups in total. The number of hydrogen-bond acceptors (Lipinski definition) is 3. The normalized spacial score (nSPS) is 17.6. The van der Waals surface area contributed by atoms with Crippen molar-refractivity contribution in [3.63, 3.8) is 0 Å². The molecular weight excluding hydrogens is 292 g/mol. The molecule has 0 unspecified atom stereocenters. The number of rotatable bonds is 2. The number of nitriles is 1. The van der Waals surface area contributed by atoms with Crippen molar-refractivity contribution in [1.82, 2.24) is 5.32 Å². The van der Waals surface area contributed by atoms with Crippen molar-refractivity contribution in [1.29, 1.82) is 5.26 Å². The lowest BCUT2D eigenvalue weighted by Crippen LogP contribution is -2.23. The van der Waals surface area contributed by atoms with Gasteiger partial charge >= 0.3 is 0 Å². The van der Waals surface area contributed by atoms with E-state index in [2.05, 4.69) is 21.2 Å². The molecule has 1 aromatic carbocycles. The van der Waals surface area contributed by atoms with Crippen LogP contribution in [0.4, 0.5) is 0 Å². The van der Waals surface area contributed by atoms with Crippen LogP contribution in [-0.4, -0.2) is 12.3 Å². The number of benzene rings is 1. The lowest BCUT2D eigenvalue weighted by molar-refractivity contribution is 0.103. The Hall–Kier alpha value is -1.60. The van der Waals surface area contributed by atoms with E-state index in [0.29, 0.717) is 5.56 Å². The minimum Gasteiger partial charge on any atom is -0.387 e. The van der Waals surface area contributed by atoms with Gasteiger partial charge in [-0.2, -0.15) is 5.26 Å². The fourth-order valence-electron chi connectivity index (χ4n) is 1.97. The van der Waals surface area contributed by atoms with Gasteiger partial charge in [0, 0.05) is 22.3 Å². The zero-order chi connectivity index (χ0) is 13.0. The van der Waals surface area contributed by atoms with Crippen LogP contribution in [0, 0.1) is 11.3 Å². The summed E-state index contributed by atoms with van der Waals surface area (Å²) in [4.78, 5) is 12.3. The number of allylic oxidation sites excluding steroid dienone is 2. The molecule has 0 aliphatic carbocycles. The second-order valence-corrected chi connectivity index (χ2v) is 5.10. The standard InChI is InChI=1S/C14H13BrN2O/c15-11-6-4-10(5-7-11)14(18)12(9-16)13-3-1-2-8-17-13/h4-7,17H,1-3,8H2/b13-12-. The predicted molar refractivity (Wildman–Crippen MR) is 73.0 cm³/mol. The van der Waals surface area contributed by atoms with Gasteiger partial charge in [-0.1, -0.05) is 15.9 Å². The lowest BCUT2D eigenvalue weighted by Gasteiger charge is -2.17. The van der Waals surface area contributed by atoms with Crippen LogP contribution in [0.25, 0.3) is 0 Å². The van der Waals surface area contributed by atoms with Gasteiger partial charge in [0.1, 0.15) is 11.6 Å². The molecule has 92 valence electrons. The Morgan fingerprint density at radius 3 is 2.56 bits per heavy atom. The first-order valence-corrected chi connectivity index (χ1v) is 6.69. The van der Waals surface area contributed by atoms with Crippen LogP contribution in [0.5, 0.6) is 0 Å². The van der Waals surface area contributed by atoms with Crippen molar-refractivity contribution in [3.05, 3.63) is 45.6 Å². The summed E-state index contributed by atoms with van der Waals surface area (Å²) in [5.74, 6) is -0.200. The Balaban J connectivity index is 2.31. The summed E-state index contributed by atoms with van der Waals surface area (Å²) >= 11 is 3.32. The monoisotopic (exact) mass is 304 g/mol. The number of ketones is 1. The van der Waals surface area contributed by atoms with E-state index in [1.807, 2.05) is 6.07 Å². The molecule has 0 atom stereocenters. The fourth-order valence-corrected chi connectivity index (χ4v) is 2.23. The van der Waals surface area contributed by atoms with Crippen molar-refractivity contribution in [2.24, 2.45) is 0 Å². The predicted octanol–water partition coefficient (Wildman–Crippen LogP) is 3.18. The number of halogens is 1. The van der Waals surface area contributed by atoms with E-state index >= 15 is 0 Å². The van der Waals surface area contributed by atoms with Crippen LogP contribution in [0.1, 0.15) is 29.6 Å². The van der Waals surface area contributed by atoms with E-state index < -0.39 is 0 Å². The molecule has 0 aromatic heterocycles. The van der Waals surface area contributed by atoms with Gasteiger partial charge in [0.15, 0.2) is 0 Å². The maximum atomic E-state index is 12.3. The number of hydrogen-bond donors (Lipinski definition) is 1. The summed E-state index contributed by atoms with van der Waals surface area (Å²) in [5, 5.41) is 12.3. The molecule has 4 heteroatoms. The molecule has 0 saturated carbocycles. The lowest BCUT2D eigenvalue weighted by atomic mass is 9.98. The van der Waals surface area contributed by atoms with Crippen LogP contribution < -0.4 is 5.32 Å². The average molecular weight is 305 g/mol. The molecule has 1 aliphatic rings. The van der Waals surface area contributed by atoms with Gasteiger partial charge in [0.05, 0.1) is 0 Å². The minimum atomic E-state index is -0.200. The third-order valence-corrected chi connectivity index (χ3v) is 3.47. The van der Waals surface area contributed by atoms with Gasteiger partial charge in [-0.15, -0.1) is 0 Å². The Bertz CT molecular complexity index is 518. The topological polar surface area (TPSA) is 52.9 Å². The van der Waals surface area contributed by atoms with E-state index in [1.165, 1.54) is 0 Å². The Kier molecular flexibility index (Phi) is 4.16. The number of carbonyl (C=O) groups is 1. The highest BCUT2D eigenvalue weighted by atomic mass is 79.9. The summed E-state index contributed by atoms with van der Waals surface area (Å²) in [6.07, 6.45) is 2.90. The molecule has 0 bridgehead atoms. The summed E-state index contributed by atoms with van der Waals surface area (Å²) in [6, 6.07) is 9.11. The Morgan fingerprint density at radius 2 is 2.00 bits per heavy atom. The van der Waals surface area contributed by atoms with Crippen molar-refractivity contribution in [3.8, 4) is 6.07 Å². The quantitative estimate of drug-likeness (QED) is 0.519. The molecule has 1 aliphatic heterocycles. The molecule has 1 fully saturated rings. The number of Topliss-reactive ketones (excluding diaryl/α,β-unsaturated/α-hetero) is 1. The molecule has 0 spiro atoms. The highest BCUT2D eigenvalue weighted by Crippen LogP contribution is 2.19. The van der Waals surface area contributed by atoms with Gasteiger partial charge in [0.2, 0.25) is 5.78 Å². The zero-order valence-corrected chi connectivity index (χ0v) is 11.5. The number of piperidine rings is 1. The summed E-state index contributed by atoms with van der Waals surface area (Å²) in [5.41, 5.74) is 1.59. The number of nitrogens with one attached hydrogen (secondary N) is 1. The highest BCUT2D eigenvalue weighted by molar-refractivity contribution is 9.10. The smallest absolute Gasteiger partial charge is 0.205 e. The van der Waals surface area contributed by atoms with Gasteiger partial charge in [-0.3, -0.25) is 4.79 Å². The third kappa shape index (κ3) is 2.80. The first kappa shape index (κ1) is 12.8. The van der Waals surface area contributed by atoms with Gasteiger partial charge in [0.25, 0.3) is 0 Å². The van der Waals surface area contributed by atoms with Crippen LogP contribution in [0.15, 0.2) is 40.0 Å². The molecule has 1 heterocycles. The molecule has 0 amide bonds. The van der Waals surface area contributed by atoms with Crippen LogP contribution >= 0.6 is 15.9 Å². The molecule has 0 radical (unpaired) electrons. The van der Waals surface area contributed by atoms with E-state index in [0.717, 1.165) is 36.0 Å². The first-order valence-electron chi connectivity index (χ1n) is 5.90. The maximum Gasteiger partial charge on any atom is 0.205 e. The van der Waals surface area contributed by atoms with Crippen molar-refractivity contribution < 1.29 is 4.79 Å². The molecule has 18 heavy (non-hydrogen) atoms. The van der Waals surface area contributed by atoms with Crippen LogP contribution in [0.3, 0.4) is 0 Å². The van der Waals surface area contributed by atoms with Gasteiger partial charge in [-0.05, 0) is 43.5 Å². The maximum absolute atomic E-state index is 12.3. The Morgan fingerprint density at radius 1 is 1.28 bits per heavy atom. The van der Waals surface area contributed by atoms with E-state index in [-0.39, 0.29) is 11.4 Å². The largest absolute Gasteiger partial charge is 0.387 e. The number of nitrogens with zero attached hydrogens (tertiary/aromatic N) is 1. The third-order valence-electron chi connectivity index (χ3n) is 2.94. The Labute approximate surface area is 115 Å². The first-order chi connectivity index (χ1) is 8.72. The minimum absolute atomic E-state index is 0.200. The van der Waals surface area contributed by atoms with Gasteiger partial charge < -0.3 is 5.32 Å². The second-order valence-electron chi connectivity index (χ2n) is 4.19. The SMILES string of the molecule is N#C/C(C(=O)c1ccc(Br)cc1)=C1\CCCCN1. The highest BCUT2D eigenvalue weighted by Gasteiger charge is 2.18. The van der Waals surface area contributed by atoms with Crippen molar-refractivity contribution in [2.45, 2.75) is 19.3 Å². The molecule has 1 saturated heterocycles. The van der Waals surface area contributed by atoms with Crippen LogP contribution in [-0.2, 0) is 0 Å². The molecular formula is C14H13BrN2O. The average Bonchev–Trinajstić information content (AvgIpc) is 2.41. The molecule has 2 rings (SSSR count). The summed E-state index contributed by atoms with van der Waals surface area (Å²) in [6.45, 7) is 0.841. The van der Waals surface area contributed by atoms with Crippen molar-refractivity contribution in [2.75, 3.05) is 6.54 Å². The van der Waals surface area contributed by atoms with E-state index in [9.17, 15) is 10.1 Å². The number of carbonyl (C=O) groups excluding carboxylic acids is 1. The van der Waals surface area contributed by atoms with Gasteiger partial charge in [-0.25, -0.2) is 0 Å². The zero-order valence-electron chi connectivity index (χ0n) is 9.87. The summed E-state index contributed by atoms with van der Waals surface area (Å²) in [7, 11) is 0. The van der Waals surface area contributed by atoms with E-state index in [1.54, 1.807) is 24.3 Å². The second kappa shape index (κ2) is 5.83. The molecule has 1 aromatic rings.